The van der Waals surface area contributed by atoms with Gasteiger partial charge in [0.05, 0.1) is 18.7 Å². The summed E-state index contributed by atoms with van der Waals surface area (Å²) in [7, 11) is 3.30. The van der Waals surface area contributed by atoms with E-state index in [4.69, 9.17) is 9.15 Å². The Morgan fingerprint density at radius 2 is 2.16 bits per heavy atom. The average Bonchev–Trinajstić information content (AvgIpc) is 2.85. The molecule has 96 valence electrons. The van der Waals surface area contributed by atoms with Gasteiger partial charge in [-0.25, -0.2) is 0 Å². The van der Waals surface area contributed by atoms with Gasteiger partial charge in [-0.1, -0.05) is 5.21 Å². The lowest BCUT2D eigenvalue weighted by atomic mass is 10.2. The molecule has 0 saturated carbocycles. The van der Waals surface area contributed by atoms with Crippen molar-refractivity contribution in [3.8, 4) is 17.2 Å². The Kier molecular flexibility index (Phi) is 2.56. The molecule has 0 amide bonds. The van der Waals surface area contributed by atoms with Gasteiger partial charge in [-0.3, -0.25) is 9.48 Å². The summed E-state index contributed by atoms with van der Waals surface area (Å²) in [6, 6.07) is 6.51. The maximum atomic E-state index is 12.1. The van der Waals surface area contributed by atoms with Crippen molar-refractivity contribution >= 4 is 11.0 Å². The Balaban J connectivity index is 2.22. The van der Waals surface area contributed by atoms with Gasteiger partial charge in [0.15, 0.2) is 11.2 Å². The molecule has 0 radical (unpaired) electrons. The molecule has 0 saturated heterocycles. The lowest BCUT2D eigenvalue weighted by Crippen LogP contribution is -2.00. The first-order chi connectivity index (χ1) is 9.17. The summed E-state index contributed by atoms with van der Waals surface area (Å²) in [5, 5.41) is 8.22. The molecular formula is C13H11N3O3. The Morgan fingerprint density at radius 3 is 2.84 bits per heavy atom. The lowest BCUT2D eigenvalue weighted by Gasteiger charge is -2.02. The summed E-state index contributed by atoms with van der Waals surface area (Å²) < 4.78 is 12.3. The molecule has 0 atom stereocenters. The van der Waals surface area contributed by atoms with Crippen LogP contribution in [0.2, 0.25) is 0 Å². The molecule has 0 unspecified atom stereocenters. The molecule has 0 aliphatic carbocycles. The molecule has 0 fully saturated rings. The lowest BCUT2D eigenvalue weighted by molar-refractivity contribution is 0.415. The van der Waals surface area contributed by atoms with E-state index in [0.29, 0.717) is 28.2 Å². The van der Waals surface area contributed by atoms with E-state index in [1.807, 2.05) is 0 Å². The van der Waals surface area contributed by atoms with Gasteiger partial charge in [0.1, 0.15) is 17.0 Å². The number of hydrogen-bond acceptors (Lipinski definition) is 5. The maximum absolute atomic E-state index is 12.1. The number of fused-ring (bicyclic) bond motifs is 1. The molecule has 19 heavy (non-hydrogen) atoms. The predicted molar refractivity (Wildman–Crippen MR) is 69.0 cm³/mol. The van der Waals surface area contributed by atoms with Crippen molar-refractivity contribution < 1.29 is 9.15 Å². The first-order valence-electron chi connectivity index (χ1n) is 5.66. The van der Waals surface area contributed by atoms with Gasteiger partial charge in [0.2, 0.25) is 0 Å². The van der Waals surface area contributed by atoms with Gasteiger partial charge in [0, 0.05) is 13.1 Å². The molecule has 0 aliphatic rings. The van der Waals surface area contributed by atoms with Crippen molar-refractivity contribution in [2.24, 2.45) is 7.05 Å². The molecule has 2 aromatic heterocycles. The van der Waals surface area contributed by atoms with Crippen molar-refractivity contribution in [2.75, 3.05) is 7.11 Å². The molecule has 1 aromatic carbocycles. The minimum atomic E-state index is -0.138. The normalized spacial score (nSPS) is 10.8. The number of ether oxygens (including phenoxy) is 1. The summed E-state index contributed by atoms with van der Waals surface area (Å²) in [6.07, 6.45) is 1.69. The number of hydrogen-bond donors (Lipinski definition) is 0. The van der Waals surface area contributed by atoms with E-state index in [-0.39, 0.29) is 5.43 Å². The van der Waals surface area contributed by atoms with Crippen molar-refractivity contribution in [3.63, 3.8) is 0 Å². The largest absolute Gasteiger partial charge is 0.497 e. The third-order valence-corrected chi connectivity index (χ3v) is 2.79. The number of methoxy groups -OCH3 is 1. The molecular weight excluding hydrogens is 246 g/mol. The van der Waals surface area contributed by atoms with Crippen LogP contribution in [0, 0.1) is 0 Å². The Morgan fingerprint density at radius 1 is 1.32 bits per heavy atom. The summed E-state index contributed by atoms with van der Waals surface area (Å²) in [4.78, 5) is 12.1. The van der Waals surface area contributed by atoms with E-state index in [1.54, 1.807) is 43.2 Å². The molecule has 0 N–H and O–H groups in total. The quantitative estimate of drug-likeness (QED) is 0.697. The number of benzene rings is 1. The second-order valence-corrected chi connectivity index (χ2v) is 4.11. The van der Waals surface area contributed by atoms with Gasteiger partial charge < -0.3 is 9.15 Å². The number of aryl methyl sites for hydroxylation is 1. The van der Waals surface area contributed by atoms with E-state index in [1.165, 1.54) is 6.07 Å². The Bertz CT molecular complexity index is 804. The van der Waals surface area contributed by atoms with Crippen LogP contribution in [0.5, 0.6) is 5.75 Å². The SMILES string of the molecule is COc1ccc2oc(-c3cn(C)nn3)cc(=O)c2c1. The third-order valence-electron chi connectivity index (χ3n) is 2.79. The highest BCUT2D eigenvalue weighted by Crippen LogP contribution is 2.22. The summed E-state index contributed by atoms with van der Waals surface area (Å²) in [5.74, 6) is 1.02. The maximum Gasteiger partial charge on any atom is 0.193 e. The van der Waals surface area contributed by atoms with Gasteiger partial charge in [-0.15, -0.1) is 5.10 Å². The molecule has 2 heterocycles. The zero-order valence-corrected chi connectivity index (χ0v) is 10.5. The first-order valence-corrected chi connectivity index (χ1v) is 5.66. The fourth-order valence-electron chi connectivity index (χ4n) is 1.85. The summed E-state index contributed by atoms with van der Waals surface area (Å²) in [6.45, 7) is 0. The van der Waals surface area contributed by atoms with Crippen molar-refractivity contribution in [2.45, 2.75) is 0 Å². The van der Waals surface area contributed by atoms with Crippen molar-refractivity contribution in [3.05, 3.63) is 40.7 Å². The number of aromatic nitrogens is 3. The minimum Gasteiger partial charge on any atom is -0.497 e. The third kappa shape index (κ3) is 1.97. The van der Waals surface area contributed by atoms with Gasteiger partial charge >= 0.3 is 0 Å². The minimum absolute atomic E-state index is 0.138. The molecule has 6 heteroatoms. The van der Waals surface area contributed by atoms with Crippen LogP contribution in [0.3, 0.4) is 0 Å². The molecule has 0 spiro atoms. The predicted octanol–water partition coefficient (Wildman–Crippen LogP) is 1.60. The van der Waals surface area contributed by atoms with E-state index in [0.717, 1.165) is 0 Å². The van der Waals surface area contributed by atoms with E-state index in [9.17, 15) is 4.79 Å². The monoisotopic (exact) mass is 257 g/mol. The second kappa shape index (κ2) is 4.24. The first kappa shape index (κ1) is 11.5. The second-order valence-electron chi connectivity index (χ2n) is 4.11. The van der Waals surface area contributed by atoms with E-state index < -0.39 is 0 Å². The zero-order valence-electron chi connectivity index (χ0n) is 10.5. The highest BCUT2D eigenvalue weighted by molar-refractivity contribution is 5.79. The van der Waals surface area contributed by atoms with E-state index >= 15 is 0 Å². The van der Waals surface area contributed by atoms with Crippen LogP contribution in [0.25, 0.3) is 22.4 Å². The zero-order chi connectivity index (χ0) is 13.4. The Hall–Kier alpha value is -2.63. The molecule has 3 aromatic rings. The van der Waals surface area contributed by atoms with Crippen molar-refractivity contribution in [1.29, 1.82) is 0 Å². The molecule has 3 rings (SSSR count). The van der Waals surface area contributed by atoms with Crippen LogP contribution in [-0.2, 0) is 7.05 Å². The van der Waals surface area contributed by atoms with Crippen LogP contribution in [0.1, 0.15) is 0 Å². The highest BCUT2D eigenvalue weighted by atomic mass is 16.5. The fraction of sp³-hybridized carbons (Fsp3) is 0.154. The van der Waals surface area contributed by atoms with Crippen LogP contribution < -0.4 is 10.2 Å². The number of nitrogens with zero attached hydrogens (tertiary/aromatic N) is 3. The number of rotatable bonds is 2. The van der Waals surface area contributed by atoms with Crippen LogP contribution in [-0.4, -0.2) is 22.1 Å². The van der Waals surface area contributed by atoms with Crippen LogP contribution in [0.15, 0.2) is 39.7 Å². The summed E-state index contributed by atoms with van der Waals surface area (Å²) >= 11 is 0. The van der Waals surface area contributed by atoms with E-state index in [2.05, 4.69) is 10.3 Å². The fourth-order valence-corrected chi connectivity index (χ4v) is 1.85. The highest BCUT2D eigenvalue weighted by Gasteiger charge is 2.10. The Labute approximate surface area is 108 Å². The standard InChI is InChI=1S/C13H11N3O3/c1-16-7-10(14-15-16)13-6-11(17)9-5-8(18-2)3-4-12(9)19-13/h3-7H,1-2H3. The molecule has 0 aliphatic heterocycles. The molecule has 0 bridgehead atoms. The smallest absolute Gasteiger partial charge is 0.193 e. The van der Waals surface area contributed by atoms with Crippen LogP contribution in [0.4, 0.5) is 0 Å². The van der Waals surface area contributed by atoms with Gasteiger partial charge in [-0.2, -0.15) is 0 Å². The van der Waals surface area contributed by atoms with Crippen molar-refractivity contribution in [1.82, 2.24) is 15.0 Å². The van der Waals surface area contributed by atoms with Gasteiger partial charge in [-0.05, 0) is 18.2 Å². The van der Waals surface area contributed by atoms with Crippen LogP contribution >= 0.6 is 0 Å². The van der Waals surface area contributed by atoms with Gasteiger partial charge in [0.25, 0.3) is 0 Å². The molecule has 6 nitrogen and oxygen atoms in total. The topological polar surface area (TPSA) is 70.2 Å². The average molecular weight is 257 g/mol. The summed E-state index contributed by atoms with van der Waals surface area (Å²) in [5.41, 5.74) is 0.882.